The number of nitrogens with zero attached hydrogens (tertiary/aromatic N) is 2. The first-order valence-corrected chi connectivity index (χ1v) is 6.07. The molecule has 1 saturated heterocycles. The van der Waals surface area contributed by atoms with Gasteiger partial charge in [-0.25, -0.2) is 4.98 Å². The van der Waals surface area contributed by atoms with E-state index in [0.717, 1.165) is 25.8 Å². The van der Waals surface area contributed by atoms with Crippen LogP contribution in [0.4, 0.5) is 11.5 Å². The van der Waals surface area contributed by atoms with Gasteiger partial charge in [-0.1, -0.05) is 0 Å². The fourth-order valence-corrected chi connectivity index (χ4v) is 2.30. The van der Waals surface area contributed by atoms with Crippen molar-refractivity contribution in [1.82, 2.24) is 4.98 Å². The molecule has 0 spiro atoms. The zero-order valence-electron chi connectivity index (χ0n) is 10.2. The highest BCUT2D eigenvalue weighted by Crippen LogP contribution is 2.27. The first-order valence-electron chi connectivity index (χ1n) is 6.07. The molecule has 2 heterocycles. The molecule has 2 rings (SSSR count). The number of amides is 1. The quantitative estimate of drug-likeness (QED) is 0.706. The van der Waals surface area contributed by atoms with Gasteiger partial charge < -0.3 is 21.5 Å². The molecule has 98 valence electrons. The van der Waals surface area contributed by atoms with Gasteiger partial charge in [0.2, 0.25) is 0 Å². The van der Waals surface area contributed by atoms with Crippen molar-refractivity contribution in [2.45, 2.75) is 25.3 Å². The maximum atomic E-state index is 11.1. The highest BCUT2D eigenvalue weighted by molar-refractivity contribution is 5.91. The van der Waals surface area contributed by atoms with Crippen LogP contribution in [0.3, 0.4) is 0 Å². The molecule has 1 atom stereocenters. The molecule has 18 heavy (non-hydrogen) atoms. The molecule has 1 unspecified atom stereocenters. The largest absolute Gasteiger partial charge is 0.396 e. The minimum absolute atomic E-state index is 0.0108. The molecule has 0 bridgehead atoms. The maximum Gasteiger partial charge on any atom is 0.267 e. The number of hydrogen-bond acceptors (Lipinski definition) is 5. The average Bonchev–Trinajstić information content (AvgIpc) is 2.39. The van der Waals surface area contributed by atoms with Gasteiger partial charge in [0.05, 0.1) is 18.3 Å². The van der Waals surface area contributed by atoms with Gasteiger partial charge in [-0.15, -0.1) is 0 Å². The summed E-state index contributed by atoms with van der Waals surface area (Å²) >= 11 is 0. The van der Waals surface area contributed by atoms with Gasteiger partial charge >= 0.3 is 0 Å². The Balaban J connectivity index is 2.35. The number of carbonyl (C=O) groups excluding carboxylic acids is 1. The number of piperidine rings is 1. The summed E-state index contributed by atoms with van der Waals surface area (Å²) in [6.07, 6.45) is 3.01. The van der Waals surface area contributed by atoms with Crippen LogP contribution in [-0.4, -0.2) is 35.2 Å². The van der Waals surface area contributed by atoms with Crippen LogP contribution >= 0.6 is 0 Å². The lowest BCUT2D eigenvalue weighted by molar-refractivity contribution is 0.0995. The van der Waals surface area contributed by atoms with E-state index >= 15 is 0 Å². The minimum atomic E-state index is -0.575. The fourth-order valence-electron chi connectivity index (χ4n) is 2.30. The van der Waals surface area contributed by atoms with E-state index in [2.05, 4.69) is 4.98 Å². The zero-order valence-corrected chi connectivity index (χ0v) is 10.2. The van der Waals surface area contributed by atoms with Crippen molar-refractivity contribution < 1.29 is 9.90 Å². The summed E-state index contributed by atoms with van der Waals surface area (Å²) in [6, 6.07) is 3.15. The van der Waals surface area contributed by atoms with Crippen LogP contribution in [-0.2, 0) is 0 Å². The number of pyridine rings is 1. The van der Waals surface area contributed by atoms with Crippen LogP contribution < -0.4 is 16.4 Å². The molecule has 0 radical (unpaired) electrons. The highest BCUT2D eigenvalue weighted by atomic mass is 16.3. The zero-order chi connectivity index (χ0) is 13.1. The van der Waals surface area contributed by atoms with E-state index in [-0.39, 0.29) is 18.3 Å². The normalized spacial score (nSPS) is 19.8. The topological polar surface area (TPSA) is 105 Å². The Morgan fingerprint density at radius 3 is 2.94 bits per heavy atom. The van der Waals surface area contributed by atoms with E-state index in [1.165, 1.54) is 6.07 Å². The summed E-state index contributed by atoms with van der Waals surface area (Å²) in [4.78, 5) is 17.3. The molecule has 1 amide bonds. The van der Waals surface area contributed by atoms with Crippen molar-refractivity contribution in [1.29, 1.82) is 0 Å². The second-order valence-corrected chi connectivity index (χ2v) is 4.50. The molecule has 6 nitrogen and oxygen atoms in total. The Hall–Kier alpha value is -1.82. The molecule has 5 N–H and O–H groups in total. The Morgan fingerprint density at radius 2 is 2.28 bits per heavy atom. The van der Waals surface area contributed by atoms with Crippen LogP contribution in [0.15, 0.2) is 12.1 Å². The summed E-state index contributed by atoms with van der Waals surface area (Å²) in [5, 5.41) is 9.39. The number of aromatic nitrogens is 1. The van der Waals surface area contributed by atoms with Crippen molar-refractivity contribution in [2.24, 2.45) is 5.73 Å². The second-order valence-electron chi connectivity index (χ2n) is 4.50. The van der Waals surface area contributed by atoms with Crippen molar-refractivity contribution >= 4 is 17.4 Å². The second kappa shape index (κ2) is 5.22. The Kier molecular flexibility index (Phi) is 3.66. The number of primary amides is 1. The van der Waals surface area contributed by atoms with Gasteiger partial charge in [-0.05, 0) is 31.4 Å². The van der Waals surface area contributed by atoms with Crippen LogP contribution in [0.5, 0.6) is 0 Å². The first kappa shape index (κ1) is 12.6. The number of anilines is 2. The summed E-state index contributed by atoms with van der Waals surface area (Å²) in [6.45, 7) is 0.840. The van der Waals surface area contributed by atoms with Gasteiger partial charge in [0, 0.05) is 6.54 Å². The smallest absolute Gasteiger partial charge is 0.267 e. The summed E-state index contributed by atoms with van der Waals surface area (Å²) in [7, 11) is 0. The summed E-state index contributed by atoms with van der Waals surface area (Å²) in [5.41, 5.74) is 11.8. The third-order valence-corrected chi connectivity index (χ3v) is 3.27. The van der Waals surface area contributed by atoms with Crippen molar-refractivity contribution in [2.75, 3.05) is 23.8 Å². The molecular formula is C12H18N4O2. The maximum absolute atomic E-state index is 11.1. The number of nitrogens with two attached hydrogens (primary N) is 2. The predicted molar refractivity (Wildman–Crippen MR) is 69.2 cm³/mol. The van der Waals surface area contributed by atoms with E-state index in [1.807, 2.05) is 4.90 Å². The lowest BCUT2D eigenvalue weighted by atomic mass is 10.0. The monoisotopic (exact) mass is 250 g/mol. The Bertz CT molecular complexity index is 450. The number of aliphatic hydroxyl groups excluding tert-OH is 1. The van der Waals surface area contributed by atoms with Crippen molar-refractivity contribution in [3.05, 3.63) is 17.8 Å². The lowest BCUT2D eigenvalue weighted by Gasteiger charge is -2.36. The van der Waals surface area contributed by atoms with Crippen LogP contribution in [0.25, 0.3) is 0 Å². The number of hydrogen-bond donors (Lipinski definition) is 3. The van der Waals surface area contributed by atoms with E-state index in [9.17, 15) is 9.90 Å². The van der Waals surface area contributed by atoms with Crippen LogP contribution in [0.1, 0.15) is 29.8 Å². The average molecular weight is 250 g/mol. The van der Waals surface area contributed by atoms with E-state index in [0.29, 0.717) is 11.5 Å². The van der Waals surface area contributed by atoms with Crippen LogP contribution in [0, 0.1) is 0 Å². The molecular weight excluding hydrogens is 232 g/mol. The Morgan fingerprint density at radius 1 is 1.50 bits per heavy atom. The third kappa shape index (κ3) is 2.38. The Labute approximate surface area is 106 Å². The lowest BCUT2D eigenvalue weighted by Crippen LogP contribution is -2.43. The predicted octanol–water partition coefficient (Wildman–Crippen LogP) is 0.114. The SMILES string of the molecule is NC(=O)c1ccc(N)c(N2CCCCC2CO)n1. The van der Waals surface area contributed by atoms with Crippen molar-refractivity contribution in [3.8, 4) is 0 Å². The van der Waals surface area contributed by atoms with E-state index in [1.54, 1.807) is 6.07 Å². The molecule has 0 aliphatic carbocycles. The molecule has 1 aliphatic heterocycles. The van der Waals surface area contributed by atoms with Crippen LogP contribution in [0.2, 0.25) is 0 Å². The molecule has 6 heteroatoms. The van der Waals surface area contributed by atoms with Gasteiger partial charge in [0.15, 0.2) is 5.82 Å². The minimum Gasteiger partial charge on any atom is -0.396 e. The number of aliphatic hydroxyl groups is 1. The number of nitrogen functional groups attached to an aromatic ring is 1. The number of rotatable bonds is 3. The molecule has 1 aliphatic rings. The first-order chi connectivity index (χ1) is 8.63. The third-order valence-electron chi connectivity index (χ3n) is 3.27. The van der Waals surface area contributed by atoms with Gasteiger partial charge in [-0.3, -0.25) is 4.79 Å². The molecule has 0 aromatic carbocycles. The van der Waals surface area contributed by atoms with Gasteiger partial charge in [0.25, 0.3) is 5.91 Å². The standard InChI is InChI=1S/C12H18N4O2/c13-9-4-5-10(11(14)18)15-12(9)16-6-2-1-3-8(16)7-17/h4-5,8,17H,1-3,6-7,13H2,(H2,14,18). The molecule has 0 saturated carbocycles. The molecule has 1 fully saturated rings. The highest BCUT2D eigenvalue weighted by Gasteiger charge is 2.25. The summed E-state index contributed by atoms with van der Waals surface area (Å²) < 4.78 is 0. The summed E-state index contributed by atoms with van der Waals surface area (Å²) in [5.74, 6) is -0.0288. The van der Waals surface area contributed by atoms with Gasteiger partial charge in [0.1, 0.15) is 5.69 Å². The number of carbonyl (C=O) groups is 1. The fraction of sp³-hybridized carbons (Fsp3) is 0.500. The van der Waals surface area contributed by atoms with E-state index < -0.39 is 5.91 Å². The molecule has 1 aromatic heterocycles. The van der Waals surface area contributed by atoms with Gasteiger partial charge in [-0.2, -0.15) is 0 Å². The van der Waals surface area contributed by atoms with Crippen molar-refractivity contribution in [3.63, 3.8) is 0 Å². The van der Waals surface area contributed by atoms with E-state index in [4.69, 9.17) is 11.5 Å². The molecule has 1 aromatic rings.